The first-order valence-electron chi connectivity index (χ1n) is 10.2. The van der Waals surface area contributed by atoms with Crippen LogP contribution in [0.4, 0.5) is 4.79 Å². The zero-order valence-electron chi connectivity index (χ0n) is 16.2. The summed E-state index contributed by atoms with van der Waals surface area (Å²) in [6, 6.07) is 9.14. The fourth-order valence-electron chi connectivity index (χ4n) is 3.79. The second kappa shape index (κ2) is 10.1. The minimum Gasteiger partial charge on any atom is -0.410 e. The van der Waals surface area contributed by atoms with Crippen LogP contribution in [0.15, 0.2) is 30.3 Å². The summed E-state index contributed by atoms with van der Waals surface area (Å²) in [5.74, 6) is -0.301. The van der Waals surface area contributed by atoms with Crippen LogP contribution in [0.5, 0.6) is 5.75 Å². The first-order valence-corrected chi connectivity index (χ1v) is 10.2. The Bertz CT molecular complexity index is 665. The molecule has 2 fully saturated rings. The molecule has 1 aromatic rings. The molecule has 1 saturated heterocycles. The van der Waals surface area contributed by atoms with Gasteiger partial charge < -0.3 is 20.3 Å². The number of para-hydroxylation sites is 1. The summed E-state index contributed by atoms with van der Waals surface area (Å²) >= 11 is 0. The van der Waals surface area contributed by atoms with Crippen molar-refractivity contribution >= 4 is 17.9 Å². The first kappa shape index (κ1) is 20.2. The van der Waals surface area contributed by atoms with Crippen LogP contribution in [0.2, 0.25) is 0 Å². The van der Waals surface area contributed by atoms with E-state index >= 15 is 0 Å². The van der Waals surface area contributed by atoms with E-state index in [4.69, 9.17) is 4.74 Å². The van der Waals surface area contributed by atoms with Crippen molar-refractivity contribution < 1.29 is 19.1 Å². The molecule has 152 valence electrons. The van der Waals surface area contributed by atoms with Gasteiger partial charge in [0.1, 0.15) is 5.75 Å². The normalized spacial score (nSPS) is 18.4. The SMILES string of the molecule is O=C(NCC1CCN(C(=O)Oc2ccccc2)CC1)C(=O)NC1CCCCC1. The topological polar surface area (TPSA) is 87.7 Å². The summed E-state index contributed by atoms with van der Waals surface area (Å²) in [5, 5.41) is 5.57. The second-order valence-electron chi connectivity index (χ2n) is 7.63. The van der Waals surface area contributed by atoms with Crippen molar-refractivity contribution in [3.8, 4) is 5.75 Å². The average Bonchev–Trinajstić information content (AvgIpc) is 2.73. The van der Waals surface area contributed by atoms with Gasteiger partial charge in [0, 0.05) is 25.7 Å². The number of hydrogen-bond acceptors (Lipinski definition) is 4. The third kappa shape index (κ3) is 5.97. The van der Waals surface area contributed by atoms with Crippen LogP contribution in [0, 0.1) is 5.92 Å². The molecule has 1 saturated carbocycles. The van der Waals surface area contributed by atoms with Crippen molar-refractivity contribution in [3.63, 3.8) is 0 Å². The van der Waals surface area contributed by atoms with Crippen molar-refractivity contribution in [3.05, 3.63) is 30.3 Å². The highest BCUT2D eigenvalue weighted by Crippen LogP contribution is 2.19. The molecule has 0 unspecified atom stereocenters. The van der Waals surface area contributed by atoms with Crippen LogP contribution in [0.25, 0.3) is 0 Å². The van der Waals surface area contributed by atoms with Crippen molar-refractivity contribution in [2.45, 2.75) is 51.0 Å². The van der Waals surface area contributed by atoms with E-state index in [9.17, 15) is 14.4 Å². The number of piperidine rings is 1. The van der Waals surface area contributed by atoms with Crippen molar-refractivity contribution in [2.24, 2.45) is 5.92 Å². The van der Waals surface area contributed by atoms with Gasteiger partial charge in [0.2, 0.25) is 0 Å². The van der Waals surface area contributed by atoms with Crippen LogP contribution < -0.4 is 15.4 Å². The van der Waals surface area contributed by atoms with Gasteiger partial charge in [0.25, 0.3) is 0 Å². The molecule has 1 aliphatic carbocycles. The Hall–Kier alpha value is -2.57. The Morgan fingerprint density at radius 3 is 2.29 bits per heavy atom. The predicted octanol–water partition coefficient (Wildman–Crippen LogP) is 2.46. The average molecular weight is 387 g/mol. The molecule has 1 heterocycles. The highest BCUT2D eigenvalue weighted by molar-refractivity contribution is 6.35. The Labute approximate surface area is 165 Å². The Kier molecular flexibility index (Phi) is 7.28. The Morgan fingerprint density at radius 1 is 0.929 bits per heavy atom. The number of ether oxygens (including phenoxy) is 1. The number of carbonyl (C=O) groups is 3. The van der Waals surface area contributed by atoms with Crippen molar-refractivity contribution in [1.29, 1.82) is 0 Å². The first-order chi connectivity index (χ1) is 13.6. The minimum absolute atomic E-state index is 0.130. The molecular formula is C21H29N3O4. The zero-order valence-corrected chi connectivity index (χ0v) is 16.2. The lowest BCUT2D eigenvalue weighted by atomic mass is 9.95. The number of nitrogens with one attached hydrogen (secondary N) is 2. The molecule has 7 heteroatoms. The quantitative estimate of drug-likeness (QED) is 0.777. The van der Waals surface area contributed by atoms with Crippen LogP contribution in [-0.2, 0) is 9.59 Å². The van der Waals surface area contributed by atoms with Crippen LogP contribution >= 0.6 is 0 Å². The van der Waals surface area contributed by atoms with E-state index in [2.05, 4.69) is 10.6 Å². The molecule has 2 aliphatic rings. The summed E-state index contributed by atoms with van der Waals surface area (Å²) < 4.78 is 5.36. The Balaban J connectivity index is 1.34. The number of benzene rings is 1. The van der Waals surface area contributed by atoms with Gasteiger partial charge in [-0.05, 0) is 43.7 Å². The largest absolute Gasteiger partial charge is 0.415 e. The fourth-order valence-corrected chi connectivity index (χ4v) is 3.79. The number of hydrogen-bond donors (Lipinski definition) is 2. The lowest BCUT2D eigenvalue weighted by Gasteiger charge is -2.31. The number of likely N-dealkylation sites (tertiary alicyclic amines) is 1. The van der Waals surface area contributed by atoms with Gasteiger partial charge in [-0.25, -0.2) is 4.79 Å². The molecule has 0 aromatic heterocycles. The van der Waals surface area contributed by atoms with Gasteiger partial charge in [-0.15, -0.1) is 0 Å². The standard InChI is InChI=1S/C21H29N3O4/c25-19(20(26)23-17-7-3-1-4-8-17)22-15-16-11-13-24(14-12-16)21(27)28-18-9-5-2-6-10-18/h2,5-6,9-10,16-17H,1,3-4,7-8,11-15H2,(H,22,25)(H,23,26). The highest BCUT2D eigenvalue weighted by atomic mass is 16.6. The smallest absolute Gasteiger partial charge is 0.410 e. The van der Waals surface area contributed by atoms with E-state index in [1.165, 1.54) is 6.42 Å². The minimum atomic E-state index is -0.559. The van der Waals surface area contributed by atoms with Crippen molar-refractivity contribution in [1.82, 2.24) is 15.5 Å². The van der Waals surface area contributed by atoms with E-state index < -0.39 is 11.8 Å². The van der Waals surface area contributed by atoms with E-state index in [0.717, 1.165) is 38.5 Å². The number of nitrogens with zero attached hydrogens (tertiary/aromatic N) is 1. The monoisotopic (exact) mass is 387 g/mol. The molecule has 1 aliphatic heterocycles. The lowest BCUT2D eigenvalue weighted by molar-refractivity contribution is -0.139. The molecule has 0 bridgehead atoms. The van der Waals surface area contributed by atoms with Crippen LogP contribution in [0.3, 0.4) is 0 Å². The van der Waals surface area contributed by atoms with E-state index in [1.807, 2.05) is 18.2 Å². The van der Waals surface area contributed by atoms with Gasteiger partial charge in [-0.1, -0.05) is 37.5 Å². The number of rotatable bonds is 4. The van der Waals surface area contributed by atoms with Gasteiger partial charge in [0.15, 0.2) is 0 Å². The van der Waals surface area contributed by atoms with Gasteiger partial charge in [0.05, 0.1) is 0 Å². The molecule has 0 spiro atoms. The third-order valence-corrected chi connectivity index (χ3v) is 5.52. The molecule has 2 N–H and O–H groups in total. The molecule has 3 rings (SSSR count). The zero-order chi connectivity index (χ0) is 19.8. The van der Waals surface area contributed by atoms with E-state index in [-0.39, 0.29) is 18.1 Å². The fraction of sp³-hybridized carbons (Fsp3) is 0.571. The van der Waals surface area contributed by atoms with Gasteiger partial charge in [-0.3, -0.25) is 9.59 Å². The summed E-state index contributed by atoms with van der Waals surface area (Å²) in [4.78, 5) is 37.9. The molecule has 3 amide bonds. The maximum atomic E-state index is 12.2. The molecular weight excluding hydrogens is 358 g/mol. The number of carbonyl (C=O) groups excluding carboxylic acids is 3. The maximum Gasteiger partial charge on any atom is 0.415 e. The summed E-state index contributed by atoms with van der Waals surface area (Å²) in [6.07, 6.45) is 6.53. The molecule has 28 heavy (non-hydrogen) atoms. The summed E-state index contributed by atoms with van der Waals surface area (Å²) in [7, 11) is 0. The maximum absolute atomic E-state index is 12.2. The summed E-state index contributed by atoms with van der Waals surface area (Å²) in [5.41, 5.74) is 0. The van der Waals surface area contributed by atoms with Crippen molar-refractivity contribution in [2.75, 3.05) is 19.6 Å². The summed E-state index contributed by atoms with van der Waals surface area (Å²) in [6.45, 7) is 1.62. The molecule has 0 radical (unpaired) electrons. The molecule has 0 atom stereocenters. The molecule has 1 aromatic carbocycles. The number of amides is 3. The van der Waals surface area contributed by atoms with Gasteiger partial charge >= 0.3 is 17.9 Å². The Morgan fingerprint density at radius 2 is 1.61 bits per heavy atom. The predicted molar refractivity (Wildman–Crippen MR) is 105 cm³/mol. The lowest BCUT2D eigenvalue weighted by Crippen LogP contribution is -2.47. The molecule has 7 nitrogen and oxygen atoms in total. The second-order valence-corrected chi connectivity index (χ2v) is 7.63. The van der Waals surface area contributed by atoms with Gasteiger partial charge in [-0.2, -0.15) is 0 Å². The van der Waals surface area contributed by atoms with E-state index in [0.29, 0.717) is 25.4 Å². The highest BCUT2D eigenvalue weighted by Gasteiger charge is 2.26. The van der Waals surface area contributed by atoms with E-state index in [1.54, 1.807) is 17.0 Å². The van der Waals surface area contributed by atoms with Crippen LogP contribution in [0.1, 0.15) is 44.9 Å². The third-order valence-electron chi connectivity index (χ3n) is 5.52. The van der Waals surface area contributed by atoms with Crippen LogP contribution in [-0.4, -0.2) is 48.5 Å².